The molecule has 2 aliphatic rings. The molecule has 0 amide bonds. The Hall–Kier alpha value is -2.27. The number of aliphatic hydroxyl groups is 2. The maximum Gasteiger partial charge on any atom is 0.153 e. The van der Waals surface area contributed by atoms with Crippen LogP contribution in [0.1, 0.15) is 12.8 Å². The smallest absolute Gasteiger partial charge is 0.153 e. The van der Waals surface area contributed by atoms with Crippen molar-refractivity contribution in [3.63, 3.8) is 0 Å². The molecule has 112 valence electrons. The first-order valence-corrected chi connectivity index (χ1v) is 6.76. The van der Waals surface area contributed by atoms with Crippen molar-refractivity contribution in [2.45, 2.75) is 25.0 Å². The number of methoxy groups -OCH3 is 1. The molecule has 2 atom stereocenters. The van der Waals surface area contributed by atoms with Gasteiger partial charge in [-0.2, -0.15) is 0 Å². The van der Waals surface area contributed by atoms with Crippen LogP contribution in [0.15, 0.2) is 59.2 Å². The molecule has 3 N–H and O–H groups in total. The van der Waals surface area contributed by atoms with Crippen molar-refractivity contribution in [2.75, 3.05) is 7.11 Å². The molecular formula is C16H19NO4. The van der Waals surface area contributed by atoms with E-state index in [1.165, 1.54) is 7.11 Å². The van der Waals surface area contributed by atoms with Gasteiger partial charge in [0.05, 0.1) is 19.3 Å². The second-order valence-electron chi connectivity index (χ2n) is 4.88. The van der Waals surface area contributed by atoms with Crippen LogP contribution in [0, 0.1) is 0 Å². The molecule has 5 heteroatoms. The maximum atomic E-state index is 11.0. The van der Waals surface area contributed by atoms with E-state index in [2.05, 4.69) is 5.32 Å². The fourth-order valence-electron chi connectivity index (χ4n) is 2.24. The van der Waals surface area contributed by atoms with Crippen LogP contribution in [0.2, 0.25) is 0 Å². The van der Waals surface area contributed by atoms with Crippen LogP contribution in [0.5, 0.6) is 0 Å². The van der Waals surface area contributed by atoms with Gasteiger partial charge in [-0.05, 0) is 36.4 Å². The molecule has 21 heavy (non-hydrogen) atoms. The van der Waals surface area contributed by atoms with Gasteiger partial charge in [-0.3, -0.25) is 4.79 Å². The lowest BCUT2D eigenvalue weighted by molar-refractivity contribution is -0.104. The summed E-state index contributed by atoms with van der Waals surface area (Å²) in [6, 6.07) is 0.00451. The summed E-state index contributed by atoms with van der Waals surface area (Å²) in [6.07, 6.45) is 11.5. The number of aliphatic hydroxyl groups excluding tert-OH is 2. The molecular weight excluding hydrogens is 270 g/mol. The van der Waals surface area contributed by atoms with Crippen molar-refractivity contribution >= 4 is 6.29 Å². The SMILES string of the molecule is COC1=C(O)C=CC(N/C=C\C2=CC(O)CC=C2C=O)C1. The van der Waals surface area contributed by atoms with E-state index in [9.17, 15) is 15.0 Å². The van der Waals surface area contributed by atoms with Gasteiger partial charge in [-0.1, -0.05) is 12.2 Å². The average Bonchev–Trinajstić information content (AvgIpc) is 2.49. The van der Waals surface area contributed by atoms with Crippen LogP contribution < -0.4 is 5.32 Å². The van der Waals surface area contributed by atoms with Gasteiger partial charge in [-0.15, -0.1) is 0 Å². The second-order valence-corrected chi connectivity index (χ2v) is 4.88. The molecule has 0 heterocycles. The van der Waals surface area contributed by atoms with Crippen LogP contribution in [0.4, 0.5) is 0 Å². The van der Waals surface area contributed by atoms with Gasteiger partial charge < -0.3 is 20.3 Å². The second kappa shape index (κ2) is 6.95. The van der Waals surface area contributed by atoms with E-state index in [0.29, 0.717) is 29.7 Å². The molecule has 5 nitrogen and oxygen atoms in total. The lowest BCUT2D eigenvalue weighted by atomic mass is 9.97. The molecule has 0 aromatic rings. The van der Waals surface area contributed by atoms with Crippen LogP contribution in [0.3, 0.4) is 0 Å². The van der Waals surface area contributed by atoms with Crippen LogP contribution in [-0.2, 0) is 9.53 Å². The van der Waals surface area contributed by atoms with Crippen molar-refractivity contribution in [3.05, 3.63) is 59.2 Å². The number of carbonyl (C=O) groups is 1. The summed E-state index contributed by atoms with van der Waals surface area (Å²) < 4.78 is 5.09. The molecule has 0 fully saturated rings. The first-order chi connectivity index (χ1) is 10.1. The fraction of sp³-hybridized carbons (Fsp3) is 0.312. The van der Waals surface area contributed by atoms with Crippen molar-refractivity contribution in [3.8, 4) is 0 Å². The highest BCUT2D eigenvalue weighted by Crippen LogP contribution is 2.20. The third-order valence-corrected chi connectivity index (χ3v) is 3.41. The number of allylic oxidation sites excluding steroid dienone is 4. The Balaban J connectivity index is 1.96. The van der Waals surface area contributed by atoms with Crippen molar-refractivity contribution in [2.24, 2.45) is 0 Å². The van der Waals surface area contributed by atoms with E-state index in [1.807, 2.05) is 6.08 Å². The summed E-state index contributed by atoms with van der Waals surface area (Å²) >= 11 is 0. The van der Waals surface area contributed by atoms with E-state index >= 15 is 0 Å². The van der Waals surface area contributed by atoms with Crippen molar-refractivity contribution < 1.29 is 19.7 Å². The third kappa shape index (κ3) is 3.86. The zero-order valence-electron chi connectivity index (χ0n) is 11.8. The Kier molecular flexibility index (Phi) is 5.00. The number of aldehydes is 1. The highest BCUT2D eigenvalue weighted by Gasteiger charge is 2.15. The molecule has 2 aliphatic carbocycles. The highest BCUT2D eigenvalue weighted by molar-refractivity contribution is 5.82. The summed E-state index contributed by atoms with van der Waals surface area (Å²) in [5.74, 6) is 0.674. The van der Waals surface area contributed by atoms with Gasteiger partial charge >= 0.3 is 0 Å². The number of hydrogen-bond donors (Lipinski definition) is 3. The molecule has 2 unspecified atom stereocenters. The molecule has 0 saturated heterocycles. The Morgan fingerprint density at radius 3 is 2.95 bits per heavy atom. The first kappa shape index (κ1) is 15.1. The Morgan fingerprint density at radius 2 is 2.24 bits per heavy atom. The van der Waals surface area contributed by atoms with Crippen LogP contribution in [-0.4, -0.2) is 35.8 Å². The minimum absolute atomic E-state index is 0.00451. The summed E-state index contributed by atoms with van der Waals surface area (Å²) in [6.45, 7) is 0. The Morgan fingerprint density at radius 1 is 1.43 bits per heavy atom. The minimum atomic E-state index is -0.553. The lowest BCUT2D eigenvalue weighted by Crippen LogP contribution is -2.25. The van der Waals surface area contributed by atoms with Gasteiger partial charge in [0, 0.05) is 12.0 Å². The molecule has 0 bridgehead atoms. The number of rotatable bonds is 5. The van der Waals surface area contributed by atoms with E-state index < -0.39 is 6.10 Å². The zero-order chi connectivity index (χ0) is 15.2. The number of carbonyl (C=O) groups excluding carboxylic acids is 1. The van der Waals surface area contributed by atoms with Gasteiger partial charge in [0.25, 0.3) is 0 Å². The van der Waals surface area contributed by atoms with Gasteiger partial charge in [0.2, 0.25) is 0 Å². The number of ether oxygens (including phenoxy) is 1. The first-order valence-electron chi connectivity index (χ1n) is 6.76. The van der Waals surface area contributed by atoms with E-state index in [1.54, 1.807) is 30.5 Å². The highest BCUT2D eigenvalue weighted by atomic mass is 16.5. The Bertz CT molecular complexity index is 555. The quantitative estimate of drug-likeness (QED) is 0.671. The molecule has 0 aromatic heterocycles. The van der Waals surface area contributed by atoms with Crippen molar-refractivity contribution in [1.82, 2.24) is 5.32 Å². The molecule has 2 rings (SSSR count). The standard InChI is InChI=1S/C16H19NO4/c1-21-16-9-13(3-5-15(16)20)17-7-6-11-8-14(19)4-2-12(11)10-18/h2-3,5-8,10,13-14,17,19-20H,4,9H2,1H3/b7-6-. The topological polar surface area (TPSA) is 78.8 Å². The van der Waals surface area contributed by atoms with Gasteiger partial charge in [0.1, 0.15) is 12.0 Å². The maximum absolute atomic E-state index is 11.0. The Labute approximate surface area is 123 Å². The van der Waals surface area contributed by atoms with E-state index in [-0.39, 0.29) is 11.8 Å². The predicted molar refractivity (Wildman–Crippen MR) is 79.3 cm³/mol. The molecule has 0 aromatic carbocycles. The predicted octanol–water partition coefficient (Wildman–Crippen LogP) is 1.65. The summed E-state index contributed by atoms with van der Waals surface area (Å²) in [7, 11) is 1.52. The third-order valence-electron chi connectivity index (χ3n) is 3.41. The monoisotopic (exact) mass is 289 g/mol. The summed E-state index contributed by atoms with van der Waals surface area (Å²) in [5.41, 5.74) is 1.27. The number of nitrogens with one attached hydrogen (secondary N) is 1. The van der Waals surface area contributed by atoms with Gasteiger partial charge in [0.15, 0.2) is 5.76 Å². The normalized spacial score (nSPS) is 25.6. The van der Waals surface area contributed by atoms with Crippen molar-refractivity contribution in [1.29, 1.82) is 0 Å². The minimum Gasteiger partial charge on any atom is -0.504 e. The molecule has 0 aliphatic heterocycles. The fourth-order valence-corrected chi connectivity index (χ4v) is 2.24. The molecule has 0 saturated carbocycles. The zero-order valence-corrected chi connectivity index (χ0v) is 11.8. The molecule has 0 spiro atoms. The van der Waals surface area contributed by atoms with Gasteiger partial charge in [-0.25, -0.2) is 0 Å². The van der Waals surface area contributed by atoms with E-state index in [4.69, 9.17) is 4.74 Å². The average molecular weight is 289 g/mol. The molecule has 0 radical (unpaired) electrons. The number of hydrogen-bond acceptors (Lipinski definition) is 5. The summed E-state index contributed by atoms with van der Waals surface area (Å²) in [5, 5.41) is 22.3. The van der Waals surface area contributed by atoms with Crippen LogP contribution in [0.25, 0.3) is 0 Å². The van der Waals surface area contributed by atoms with Crippen LogP contribution >= 0.6 is 0 Å². The van der Waals surface area contributed by atoms with E-state index in [0.717, 1.165) is 6.29 Å². The largest absolute Gasteiger partial charge is 0.504 e. The lowest BCUT2D eigenvalue weighted by Gasteiger charge is -2.19. The summed E-state index contributed by atoms with van der Waals surface area (Å²) in [4.78, 5) is 11.0.